The van der Waals surface area contributed by atoms with Crippen LogP contribution in [0.2, 0.25) is 0 Å². The standard InChI is InChI=1S/C13H22N2O2/c1-3-14-12(16)10-8-5-6-9(7-8)11(10)13(17)15-4-2/h8-11H,3-7H2,1-2H3,(H,14,16)(H,15,17)/t8-,9-,10-,11-/m0/s1. The Kier molecular flexibility index (Phi) is 3.69. The molecule has 2 saturated carbocycles. The summed E-state index contributed by atoms with van der Waals surface area (Å²) < 4.78 is 0. The minimum atomic E-state index is -0.0831. The summed E-state index contributed by atoms with van der Waals surface area (Å²) in [7, 11) is 0. The molecule has 4 nitrogen and oxygen atoms in total. The highest BCUT2D eigenvalue weighted by Crippen LogP contribution is 2.52. The van der Waals surface area contributed by atoms with Crippen LogP contribution in [0.3, 0.4) is 0 Å². The van der Waals surface area contributed by atoms with Crippen molar-refractivity contribution in [3.05, 3.63) is 0 Å². The molecular weight excluding hydrogens is 216 g/mol. The van der Waals surface area contributed by atoms with Gasteiger partial charge in [-0.3, -0.25) is 9.59 Å². The molecule has 2 rings (SSSR count). The maximum Gasteiger partial charge on any atom is 0.224 e. The van der Waals surface area contributed by atoms with Crippen LogP contribution in [0.15, 0.2) is 0 Å². The second-order valence-corrected chi connectivity index (χ2v) is 5.17. The van der Waals surface area contributed by atoms with Crippen LogP contribution in [-0.2, 0) is 9.59 Å². The molecule has 4 atom stereocenters. The zero-order valence-corrected chi connectivity index (χ0v) is 10.7. The van der Waals surface area contributed by atoms with Crippen molar-refractivity contribution in [3.63, 3.8) is 0 Å². The number of nitrogens with one attached hydrogen (secondary N) is 2. The van der Waals surface area contributed by atoms with Crippen LogP contribution in [0, 0.1) is 23.7 Å². The van der Waals surface area contributed by atoms with Crippen molar-refractivity contribution in [1.82, 2.24) is 10.6 Å². The third-order valence-electron chi connectivity index (χ3n) is 4.22. The highest BCUT2D eigenvalue weighted by Gasteiger charge is 2.53. The van der Waals surface area contributed by atoms with E-state index in [1.165, 1.54) is 0 Å². The molecule has 2 bridgehead atoms. The first kappa shape index (κ1) is 12.4. The van der Waals surface area contributed by atoms with E-state index in [-0.39, 0.29) is 23.7 Å². The molecule has 0 aromatic rings. The minimum Gasteiger partial charge on any atom is -0.356 e. The fraction of sp³-hybridized carbons (Fsp3) is 0.846. The molecule has 0 radical (unpaired) electrons. The van der Waals surface area contributed by atoms with Crippen molar-refractivity contribution in [3.8, 4) is 0 Å². The van der Waals surface area contributed by atoms with E-state index >= 15 is 0 Å². The molecule has 0 aromatic carbocycles. The summed E-state index contributed by atoms with van der Waals surface area (Å²) in [5, 5.41) is 5.76. The third-order valence-corrected chi connectivity index (χ3v) is 4.22. The van der Waals surface area contributed by atoms with Gasteiger partial charge in [0.15, 0.2) is 0 Å². The average molecular weight is 238 g/mol. The number of fused-ring (bicyclic) bond motifs is 2. The van der Waals surface area contributed by atoms with Gasteiger partial charge in [-0.15, -0.1) is 0 Å². The number of carbonyl (C=O) groups is 2. The fourth-order valence-corrected chi connectivity index (χ4v) is 3.63. The summed E-state index contributed by atoms with van der Waals surface area (Å²) in [6.07, 6.45) is 3.29. The average Bonchev–Trinajstić information content (AvgIpc) is 2.89. The second kappa shape index (κ2) is 5.07. The molecule has 2 amide bonds. The zero-order valence-electron chi connectivity index (χ0n) is 10.7. The van der Waals surface area contributed by atoms with Gasteiger partial charge in [-0.2, -0.15) is 0 Å². The summed E-state index contributed by atoms with van der Waals surface area (Å²) in [6.45, 7) is 5.14. The summed E-state index contributed by atoms with van der Waals surface area (Å²) in [6, 6.07) is 0. The summed E-state index contributed by atoms with van der Waals surface area (Å²) in [5.74, 6) is 0.853. The maximum absolute atomic E-state index is 12.1. The zero-order chi connectivity index (χ0) is 12.4. The van der Waals surface area contributed by atoms with Gasteiger partial charge in [-0.25, -0.2) is 0 Å². The number of rotatable bonds is 4. The van der Waals surface area contributed by atoms with Gasteiger partial charge in [-0.05, 0) is 44.9 Å². The molecule has 2 aliphatic carbocycles. The first-order valence-corrected chi connectivity index (χ1v) is 6.74. The summed E-state index contributed by atoms with van der Waals surface area (Å²) >= 11 is 0. The Morgan fingerprint density at radius 2 is 1.35 bits per heavy atom. The Morgan fingerprint density at radius 1 is 0.941 bits per heavy atom. The minimum absolute atomic E-state index is 0.0796. The van der Waals surface area contributed by atoms with Crippen molar-refractivity contribution < 1.29 is 9.59 Å². The Morgan fingerprint density at radius 3 is 1.71 bits per heavy atom. The van der Waals surface area contributed by atoms with E-state index in [1.807, 2.05) is 13.8 Å². The number of hydrogen-bond donors (Lipinski definition) is 2. The number of hydrogen-bond acceptors (Lipinski definition) is 2. The smallest absolute Gasteiger partial charge is 0.224 e. The molecule has 17 heavy (non-hydrogen) atoms. The molecule has 0 heterocycles. The van der Waals surface area contributed by atoms with Gasteiger partial charge in [-0.1, -0.05) is 0 Å². The van der Waals surface area contributed by atoms with Crippen molar-refractivity contribution >= 4 is 11.8 Å². The van der Waals surface area contributed by atoms with Gasteiger partial charge in [0, 0.05) is 13.1 Å². The van der Waals surface area contributed by atoms with Gasteiger partial charge in [0.2, 0.25) is 11.8 Å². The summed E-state index contributed by atoms with van der Waals surface area (Å²) in [4.78, 5) is 24.1. The van der Waals surface area contributed by atoms with Crippen LogP contribution in [-0.4, -0.2) is 24.9 Å². The third kappa shape index (κ3) is 2.17. The maximum atomic E-state index is 12.1. The monoisotopic (exact) mass is 238 g/mol. The molecule has 0 aliphatic heterocycles. The van der Waals surface area contributed by atoms with Gasteiger partial charge in [0.05, 0.1) is 11.8 Å². The van der Waals surface area contributed by atoms with Crippen molar-refractivity contribution in [2.24, 2.45) is 23.7 Å². The number of carbonyl (C=O) groups excluding carboxylic acids is 2. The largest absolute Gasteiger partial charge is 0.356 e. The van der Waals surface area contributed by atoms with Gasteiger partial charge < -0.3 is 10.6 Å². The highest BCUT2D eigenvalue weighted by molar-refractivity contribution is 5.89. The van der Waals surface area contributed by atoms with Gasteiger partial charge >= 0.3 is 0 Å². The Bertz CT molecular complexity index is 287. The van der Waals surface area contributed by atoms with E-state index in [1.54, 1.807) is 0 Å². The Hall–Kier alpha value is -1.06. The first-order valence-electron chi connectivity index (χ1n) is 6.74. The predicted molar refractivity (Wildman–Crippen MR) is 65.2 cm³/mol. The molecular formula is C13H22N2O2. The molecule has 2 aliphatic rings. The Labute approximate surface area is 103 Å². The molecule has 96 valence electrons. The van der Waals surface area contributed by atoms with E-state index in [4.69, 9.17) is 0 Å². The van der Waals surface area contributed by atoms with E-state index < -0.39 is 0 Å². The van der Waals surface area contributed by atoms with Gasteiger partial charge in [0.25, 0.3) is 0 Å². The van der Waals surface area contributed by atoms with Crippen molar-refractivity contribution in [2.75, 3.05) is 13.1 Å². The quantitative estimate of drug-likeness (QED) is 0.765. The molecule has 0 aromatic heterocycles. The van der Waals surface area contributed by atoms with Crippen LogP contribution < -0.4 is 10.6 Å². The molecule has 4 heteroatoms. The predicted octanol–water partition coefficient (Wildman–Crippen LogP) is 0.921. The fourth-order valence-electron chi connectivity index (χ4n) is 3.63. The lowest BCUT2D eigenvalue weighted by Gasteiger charge is -2.28. The highest BCUT2D eigenvalue weighted by atomic mass is 16.2. The summed E-state index contributed by atoms with van der Waals surface area (Å²) in [5.41, 5.74) is 0. The number of amides is 2. The van der Waals surface area contributed by atoms with Crippen LogP contribution in [0.1, 0.15) is 33.1 Å². The van der Waals surface area contributed by atoms with Gasteiger partial charge in [0.1, 0.15) is 0 Å². The lowest BCUT2D eigenvalue weighted by atomic mass is 9.78. The van der Waals surface area contributed by atoms with Crippen LogP contribution in [0.5, 0.6) is 0 Å². The molecule has 0 saturated heterocycles. The Balaban J connectivity index is 2.11. The normalized spacial score (nSPS) is 34.7. The molecule has 0 spiro atoms. The van der Waals surface area contributed by atoms with Crippen LogP contribution in [0.25, 0.3) is 0 Å². The van der Waals surface area contributed by atoms with E-state index in [0.29, 0.717) is 24.9 Å². The van der Waals surface area contributed by atoms with Crippen LogP contribution >= 0.6 is 0 Å². The van der Waals surface area contributed by atoms with Crippen LogP contribution in [0.4, 0.5) is 0 Å². The lowest BCUT2D eigenvalue weighted by Crippen LogP contribution is -2.45. The molecule has 2 fully saturated rings. The SMILES string of the molecule is CCNC(=O)[C@H]1[C@H]2CC[C@@H](C2)[C@@H]1C(=O)NCC. The first-order chi connectivity index (χ1) is 8.19. The topological polar surface area (TPSA) is 58.2 Å². The van der Waals surface area contributed by atoms with Crippen molar-refractivity contribution in [2.45, 2.75) is 33.1 Å². The molecule has 2 N–H and O–H groups in total. The van der Waals surface area contributed by atoms with E-state index in [0.717, 1.165) is 19.3 Å². The van der Waals surface area contributed by atoms with Crippen molar-refractivity contribution in [1.29, 1.82) is 0 Å². The van der Waals surface area contributed by atoms with E-state index in [9.17, 15) is 9.59 Å². The van der Waals surface area contributed by atoms with E-state index in [2.05, 4.69) is 10.6 Å². The lowest BCUT2D eigenvalue weighted by molar-refractivity contribution is -0.137. The molecule has 0 unspecified atom stereocenters. The second-order valence-electron chi connectivity index (χ2n) is 5.17.